The predicted molar refractivity (Wildman–Crippen MR) is 69.5 cm³/mol. The quantitative estimate of drug-likeness (QED) is 0.781. The minimum Gasteiger partial charge on any atom is -0.328 e. The first-order valence-corrected chi connectivity index (χ1v) is 7.32. The number of likely N-dealkylation sites (tertiary alicyclic amines) is 1. The van der Waals surface area contributed by atoms with Crippen molar-refractivity contribution < 1.29 is 0 Å². The molecule has 2 fully saturated rings. The van der Waals surface area contributed by atoms with E-state index in [4.69, 9.17) is 5.73 Å². The van der Waals surface area contributed by atoms with Crippen LogP contribution in [-0.2, 0) is 0 Å². The third-order valence-corrected chi connectivity index (χ3v) is 4.60. The minimum absolute atomic E-state index is 0.489. The topological polar surface area (TPSA) is 29.3 Å². The van der Waals surface area contributed by atoms with Gasteiger partial charge in [-0.25, -0.2) is 0 Å². The molecule has 0 amide bonds. The standard InChI is InChI=1S/C14H28N2/c1-2-13-6-4-3-5-11-16(13)14-9-7-12(15)8-10-14/h12-14H,2-11,15H2,1H3. The van der Waals surface area contributed by atoms with Gasteiger partial charge in [-0.2, -0.15) is 0 Å². The number of hydrogen-bond acceptors (Lipinski definition) is 2. The lowest BCUT2D eigenvalue weighted by atomic mass is 9.89. The van der Waals surface area contributed by atoms with E-state index in [-0.39, 0.29) is 0 Å². The van der Waals surface area contributed by atoms with Crippen LogP contribution in [-0.4, -0.2) is 29.6 Å². The van der Waals surface area contributed by atoms with E-state index >= 15 is 0 Å². The normalized spacial score (nSPS) is 38.2. The molecule has 16 heavy (non-hydrogen) atoms. The molecule has 0 radical (unpaired) electrons. The second-order valence-corrected chi connectivity index (χ2v) is 5.72. The Morgan fingerprint density at radius 3 is 2.44 bits per heavy atom. The molecule has 0 bridgehead atoms. The third kappa shape index (κ3) is 2.98. The molecular formula is C14H28N2. The highest BCUT2D eigenvalue weighted by Crippen LogP contribution is 2.28. The molecule has 1 saturated heterocycles. The Kier molecular flexibility index (Phi) is 4.66. The fourth-order valence-electron chi connectivity index (χ4n) is 3.55. The predicted octanol–water partition coefficient (Wildman–Crippen LogP) is 2.91. The largest absolute Gasteiger partial charge is 0.328 e. The van der Waals surface area contributed by atoms with Gasteiger partial charge in [-0.15, -0.1) is 0 Å². The molecule has 0 aromatic heterocycles. The van der Waals surface area contributed by atoms with Crippen molar-refractivity contribution in [3.63, 3.8) is 0 Å². The van der Waals surface area contributed by atoms with Gasteiger partial charge in [-0.05, 0) is 51.5 Å². The fourth-order valence-corrected chi connectivity index (χ4v) is 3.55. The molecule has 2 nitrogen and oxygen atoms in total. The summed E-state index contributed by atoms with van der Waals surface area (Å²) >= 11 is 0. The van der Waals surface area contributed by atoms with E-state index in [9.17, 15) is 0 Å². The molecule has 94 valence electrons. The lowest BCUT2D eigenvalue weighted by molar-refractivity contribution is 0.0996. The fraction of sp³-hybridized carbons (Fsp3) is 1.00. The van der Waals surface area contributed by atoms with Gasteiger partial charge in [0.15, 0.2) is 0 Å². The highest BCUT2D eigenvalue weighted by molar-refractivity contribution is 4.85. The van der Waals surface area contributed by atoms with Crippen LogP contribution in [0, 0.1) is 0 Å². The van der Waals surface area contributed by atoms with E-state index in [1.807, 2.05) is 0 Å². The van der Waals surface area contributed by atoms with Crippen LogP contribution in [0.5, 0.6) is 0 Å². The smallest absolute Gasteiger partial charge is 0.00993 e. The molecule has 0 spiro atoms. The Balaban J connectivity index is 1.93. The molecule has 0 aromatic carbocycles. The lowest BCUT2D eigenvalue weighted by Gasteiger charge is -2.40. The molecule has 0 aromatic rings. The Bertz CT molecular complexity index is 197. The first-order valence-electron chi connectivity index (χ1n) is 7.32. The van der Waals surface area contributed by atoms with Crippen molar-refractivity contribution in [3.8, 4) is 0 Å². The van der Waals surface area contributed by atoms with Gasteiger partial charge in [0.05, 0.1) is 0 Å². The van der Waals surface area contributed by atoms with E-state index in [1.54, 1.807) is 0 Å². The van der Waals surface area contributed by atoms with Crippen LogP contribution in [0.3, 0.4) is 0 Å². The number of rotatable bonds is 2. The Morgan fingerprint density at radius 2 is 1.75 bits per heavy atom. The van der Waals surface area contributed by atoms with Crippen LogP contribution in [0.2, 0.25) is 0 Å². The molecule has 1 aliphatic carbocycles. The Morgan fingerprint density at radius 1 is 1.00 bits per heavy atom. The van der Waals surface area contributed by atoms with E-state index in [0.717, 1.165) is 12.1 Å². The van der Waals surface area contributed by atoms with Crippen molar-refractivity contribution in [2.45, 2.75) is 82.8 Å². The molecule has 1 atom stereocenters. The second-order valence-electron chi connectivity index (χ2n) is 5.72. The maximum Gasteiger partial charge on any atom is 0.00993 e. The van der Waals surface area contributed by atoms with Gasteiger partial charge in [-0.1, -0.05) is 19.8 Å². The first kappa shape index (κ1) is 12.4. The van der Waals surface area contributed by atoms with Crippen molar-refractivity contribution >= 4 is 0 Å². The highest BCUT2D eigenvalue weighted by atomic mass is 15.2. The molecule has 1 unspecified atom stereocenters. The molecule has 1 heterocycles. The maximum atomic E-state index is 6.01. The van der Waals surface area contributed by atoms with Gasteiger partial charge >= 0.3 is 0 Å². The summed E-state index contributed by atoms with van der Waals surface area (Å²) in [5, 5.41) is 0. The molecule has 2 N–H and O–H groups in total. The zero-order chi connectivity index (χ0) is 11.4. The van der Waals surface area contributed by atoms with E-state index in [0.29, 0.717) is 6.04 Å². The molecule has 1 aliphatic heterocycles. The summed E-state index contributed by atoms with van der Waals surface area (Å²) in [5.41, 5.74) is 6.01. The van der Waals surface area contributed by atoms with Crippen LogP contribution in [0.25, 0.3) is 0 Å². The van der Waals surface area contributed by atoms with E-state index in [2.05, 4.69) is 11.8 Å². The SMILES string of the molecule is CCC1CCCCCN1C1CCC(N)CC1. The first-order chi connectivity index (χ1) is 7.81. The average Bonchev–Trinajstić information content (AvgIpc) is 2.55. The number of nitrogens with two attached hydrogens (primary N) is 1. The molecule has 2 rings (SSSR count). The van der Waals surface area contributed by atoms with Gasteiger partial charge in [0.25, 0.3) is 0 Å². The van der Waals surface area contributed by atoms with E-state index in [1.165, 1.54) is 64.3 Å². The van der Waals surface area contributed by atoms with Crippen LogP contribution in [0.1, 0.15) is 64.7 Å². The molecule has 2 heteroatoms. The summed E-state index contributed by atoms with van der Waals surface area (Å²) in [6, 6.07) is 2.20. The zero-order valence-corrected chi connectivity index (χ0v) is 10.8. The Labute approximate surface area is 101 Å². The van der Waals surface area contributed by atoms with Crippen LogP contribution < -0.4 is 5.73 Å². The monoisotopic (exact) mass is 224 g/mol. The Hall–Kier alpha value is -0.0800. The lowest BCUT2D eigenvalue weighted by Crippen LogP contribution is -2.46. The average molecular weight is 224 g/mol. The van der Waals surface area contributed by atoms with E-state index < -0.39 is 0 Å². The molecule has 2 aliphatic rings. The van der Waals surface area contributed by atoms with Gasteiger partial charge < -0.3 is 5.73 Å². The van der Waals surface area contributed by atoms with Gasteiger partial charge in [-0.3, -0.25) is 4.90 Å². The summed E-state index contributed by atoms with van der Waals surface area (Å²) in [5.74, 6) is 0. The van der Waals surface area contributed by atoms with Gasteiger partial charge in [0.2, 0.25) is 0 Å². The zero-order valence-electron chi connectivity index (χ0n) is 10.8. The summed E-state index contributed by atoms with van der Waals surface area (Å²) in [4.78, 5) is 2.83. The summed E-state index contributed by atoms with van der Waals surface area (Å²) in [6.07, 6.45) is 12.3. The van der Waals surface area contributed by atoms with Crippen LogP contribution in [0.4, 0.5) is 0 Å². The summed E-state index contributed by atoms with van der Waals surface area (Å²) in [6.45, 7) is 3.70. The van der Waals surface area contributed by atoms with Crippen LogP contribution in [0.15, 0.2) is 0 Å². The van der Waals surface area contributed by atoms with Crippen molar-refractivity contribution in [1.29, 1.82) is 0 Å². The van der Waals surface area contributed by atoms with Crippen LogP contribution >= 0.6 is 0 Å². The maximum absolute atomic E-state index is 6.01. The highest BCUT2D eigenvalue weighted by Gasteiger charge is 2.29. The van der Waals surface area contributed by atoms with Gasteiger partial charge in [0.1, 0.15) is 0 Å². The second kappa shape index (κ2) is 6.02. The number of hydrogen-bond donors (Lipinski definition) is 1. The summed E-state index contributed by atoms with van der Waals surface area (Å²) in [7, 11) is 0. The van der Waals surface area contributed by atoms with Gasteiger partial charge in [0, 0.05) is 18.1 Å². The number of nitrogens with zero attached hydrogens (tertiary/aromatic N) is 1. The van der Waals surface area contributed by atoms with Crippen molar-refractivity contribution in [1.82, 2.24) is 4.90 Å². The van der Waals surface area contributed by atoms with Crippen molar-refractivity contribution in [2.24, 2.45) is 5.73 Å². The molecular weight excluding hydrogens is 196 g/mol. The summed E-state index contributed by atoms with van der Waals surface area (Å²) < 4.78 is 0. The molecule has 1 saturated carbocycles. The minimum atomic E-state index is 0.489. The van der Waals surface area contributed by atoms with Crippen molar-refractivity contribution in [3.05, 3.63) is 0 Å². The third-order valence-electron chi connectivity index (χ3n) is 4.60. The van der Waals surface area contributed by atoms with Crippen molar-refractivity contribution in [2.75, 3.05) is 6.54 Å².